The number of aromatic nitrogens is 3. The Kier molecular flexibility index (Phi) is 5.05. The number of ether oxygens (including phenoxy) is 1. The summed E-state index contributed by atoms with van der Waals surface area (Å²) in [5.41, 5.74) is 4.35. The summed E-state index contributed by atoms with van der Waals surface area (Å²) in [6.45, 7) is 0.645. The third kappa shape index (κ3) is 4.43. The minimum absolute atomic E-state index is 0.0809. The highest BCUT2D eigenvalue weighted by atomic mass is 16.7. The van der Waals surface area contributed by atoms with Crippen molar-refractivity contribution in [3.63, 3.8) is 0 Å². The fraction of sp³-hybridized carbons (Fsp3) is 0.400. The van der Waals surface area contributed by atoms with E-state index in [4.69, 9.17) is 4.74 Å². The zero-order valence-electron chi connectivity index (χ0n) is 12.6. The molecule has 0 aromatic carbocycles. The van der Waals surface area contributed by atoms with Crippen LogP contribution < -0.4 is 15.5 Å². The molecule has 1 unspecified atom stereocenters. The van der Waals surface area contributed by atoms with Crippen molar-refractivity contribution in [1.29, 1.82) is 0 Å². The minimum Gasteiger partial charge on any atom is -0.492 e. The van der Waals surface area contributed by atoms with Crippen molar-refractivity contribution in [2.45, 2.75) is 31.8 Å². The van der Waals surface area contributed by atoms with Crippen molar-refractivity contribution >= 4 is 6.09 Å². The smallest absolute Gasteiger partial charge is 0.427 e. The highest BCUT2D eigenvalue weighted by Gasteiger charge is 2.20. The summed E-state index contributed by atoms with van der Waals surface area (Å²) in [4.78, 5) is 19.8. The van der Waals surface area contributed by atoms with E-state index in [1.165, 1.54) is 0 Å². The summed E-state index contributed by atoms with van der Waals surface area (Å²) in [5, 5.41) is 9.44. The first kappa shape index (κ1) is 15.3. The molecule has 8 nitrogen and oxygen atoms in total. The van der Waals surface area contributed by atoms with E-state index in [9.17, 15) is 4.79 Å². The molecule has 0 saturated carbocycles. The first-order valence-corrected chi connectivity index (χ1v) is 7.63. The van der Waals surface area contributed by atoms with Crippen LogP contribution in [0.15, 0.2) is 30.6 Å². The Morgan fingerprint density at radius 1 is 1.22 bits per heavy atom. The Hall–Kier alpha value is -2.61. The van der Waals surface area contributed by atoms with Gasteiger partial charge in [0.1, 0.15) is 11.9 Å². The number of hydroxylamine groups is 1. The molecule has 2 aromatic rings. The van der Waals surface area contributed by atoms with Crippen molar-refractivity contribution < 1.29 is 14.4 Å². The van der Waals surface area contributed by atoms with Gasteiger partial charge in [0.2, 0.25) is 0 Å². The van der Waals surface area contributed by atoms with E-state index in [2.05, 4.69) is 30.8 Å². The number of nitrogens with one attached hydrogen (secondary N) is 3. The first-order valence-electron chi connectivity index (χ1n) is 7.63. The maximum absolute atomic E-state index is 10.8. The van der Waals surface area contributed by atoms with Crippen LogP contribution in [-0.4, -0.2) is 34.0 Å². The molecule has 0 aliphatic carbocycles. The van der Waals surface area contributed by atoms with Crippen LogP contribution in [-0.2, 0) is 4.84 Å². The summed E-state index contributed by atoms with van der Waals surface area (Å²) in [6, 6.07) is 5.67. The van der Waals surface area contributed by atoms with E-state index in [1.807, 2.05) is 18.2 Å². The molecule has 1 fully saturated rings. The summed E-state index contributed by atoms with van der Waals surface area (Å²) in [7, 11) is 0. The number of pyridine rings is 1. The number of aromatic amines is 1. The molecule has 1 saturated heterocycles. The van der Waals surface area contributed by atoms with E-state index in [1.54, 1.807) is 12.4 Å². The van der Waals surface area contributed by atoms with Gasteiger partial charge in [-0.15, -0.1) is 5.48 Å². The quantitative estimate of drug-likeness (QED) is 0.644. The molecule has 122 valence electrons. The average molecular weight is 317 g/mol. The van der Waals surface area contributed by atoms with Crippen LogP contribution in [0.3, 0.4) is 0 Å². The fourth-order valence-corrected chi connectivity index (χ4v) is 2.30. The van der Waals surface area contributed by atoms with E-state index < -0.39 is 6.09 Å². The topological polar surface area (TPSA) is 101 Å². The maximum Gasteiger partial charge on any atom is 0.427 e. The lowest BCUT2D eigenvalue weighted by Gasteiger charge is -2.08. The summed E-state index contributed by atoms with van der Waals surface area (Å²) < 4.78 is 5.67. The molecule has 0 radical (unpaired) electrons. The molecule has 1 aliphatic rings. The zero-order chi connectivity index (χ0) is 15.9. The molecule has 3 rings (SSSR count). The van der Waals surface area contributed by atoms with Gasteiger partial charge in [-0.2, -0.15) is 5.10 Å². The SMILES string of the molecule is O=C1NC(CCCCCOc2ccc(-c3ccn[nH]3)nc2)NO1. The largest absolute Gasteiger partial charge is 0.492 e. The van der Waals surface area contributed by atoms with E-state index in [0.717, 1.165) is 42.8 Å². The summed E-state index contributed by atoms with van der Waals surface area (Å²) in [5.74, 6) is 0.756. The van der Waals surface area contributed by atoms with Crippen molar-refractivity contribution in [1.82, 2.24) is 26.0 Å². The van der Waals surface area contributed by atoms with Crippen LogP contribution in [0.2, 0.25) is 0 Å². The van der Waals surface area contributed by atoms with Gasteiger partial charge in [0.05, 0.1) is 24.2 Å². The van der Waals surface area contributed by atoms with Crippen LogP contribution in [0.5, 0.6) is 5.75 Å². The summed E-state index contributed by atoms with van der Waals surface area (Å²) in [6.07, 6.45) is 6.71. The lowest BCUT2D eigenvalue weighted by atomic mass is 10.2. The number of hydrogen-bond acceptors (Lipinski definition) is 6. The van der Waals surface area contributed by atoms with E-state index in [-0.39, 0.29) is 6.17 Å². The number of nitrogens with zero attached hydrogens (tertiary/aromatic N) is 2. The van der Waals surface area contributed by atoms with Crippen LogP contribution in [0.4, 0.5) is 4.79 Å². The van der Waals surface area contributed by atoms with Gasteiger partial charge in [0.15, 0.2) is 0 Å². The van der Waals surface area contributed by atoms with Gasteiger partial charge in [-0.25, -0.2) is 4.79 Å². The van der Waals surface area contributed by atoms with Crippen molar-refractivity contribution in [3.8, 4) is 17.1 Å². The Labute approximate surface area is 133 Å². The molecule has 0 bridgehead atoms. The Morgan fingerprint density at radius 3 is 2.87 bits per heavy atom. The standard InChI is InChI=1S/C15H19N5O3/c21-15-18-14(20-23-15)4-2-1-3-9-22-11-5-6-12(16-10-11)13-7-8-17-19-13/h5-8,10,14,20H,1-4,9H2,(H,17,19)(H,18,21). The van der Waals surface area contributed by atoms with Crippen LogP contribution in [0.25, 0.3) is 11.4 Å². The van der Waals surface area contributed by atoms with Gasteiger partial charge in [0.25, 0.3) is 0 Å². The molecule has 2 aromatic heterocycles. The number of hydrogen-bond donors (Lipinski definition) is 3. The zero-order valence-corrected chi connectivity index (χ0v) is 12.6. The van der Waals surface area contributed by atoms with Gasteiger partial charge in [-0.3, -0.25) is 10.1 Å². The fourth-order valence-electron chi connectivity index (χ4n) is 2.30. The van der Waals surface area contributed by atoms with Gasteiger partial charge < -0.3 is 14.9 Å². The van der Waals surface area contributed by atoms with E-state index >= 15 is 0 Å². The highest BCUT2D eigenvalue weighted by molar-refractivity contribution is 5.68. The van der Waals surface area contributed by atoms with Crippen molar-refractivity contribution in [3.05, 3.63) is 30.6 Å². The molecular formula is C15H19N5O3. The second-order valence-corrected chi connectivity index (χ2v) is 5.25. The highest BCUT2D eigenvalue weighted by Crippen LogP contribution is 2.17. The third-order valence-corrected chi connectivity index (χ3v) is 3.50. The number of amides is 1. The number of carbonyl (C=O) groups is 1. The van der Waals surface area contributed by atoms with Gasteiger partial charge in [-0.05, 0) is 43.9 Å². The molecule has 23 heavy (non-hydrogen) atoms. The van der Waals surface area contributed by atoms with Gasteiger partial charge in [-0.1, -0.05) is 0 Å². The normalized spacial score (nSPS) is 16.9. The molecule has 1 amide bonds. The molecule has 1 atom stereocenters. The number of carbonyl (C=O) groups excluding carboxylic acids is 1. The first-order chi connectivity index (χ1) is 11.3. The van der Waals surface area contributed by atoms with Crippen LogP contribution >= 0.6 is 0 Å². The van der Waals surface area contributed by atoms with Crippen LogP contribution in [0.1, 0.15) is 25.7 Å². The van der Waals surface area contributed by atoms with Gasteiger partial charge in [0, 0.05) is 6.20 Å². The Bertz CT molecular complexity index is 615. The minimum atomic E-state index is -0.413. The van der Waals surface area contributed by atoms with Crippen LogP contribution in [0, 0.1) is 0 Å². The predicted octanol–water partition coefficient (Wildman–Crippen LogP) is 1.98. The number of rotatable bonds is 8. The second-order valence-electron chi connectivity index (χ2n) is 5.25. The maximum atomic E-state index is 10.8. The molecule has 8 heteroatoms. The molecular weight excluding hydrogens is 298 g/mol. The van der Waals surface area contributed by atoms with Gasteiger partial charge >= 0.3 is 6.09 Å². The Morgan fingerprint density at radius 2 is 2.17 bits per heavy atom. The molecule has 0 spiro atoms. The molecule has 3 N–H and O–H groups in total. The average Bonchev–Trinajstić information content (AvgIpc) is 3.23. The number of H-pyrrole nitrogens is 1. The number of unbranched alkanes of at least 4 members (excludes halogenated alkanes) is 2. The molecule has 3 heterocycles. The lowest BCUT2D eigenvalue weighted by Crippen LogP contribution is -2.31. The summed E-state index contributed by atoms with van der Waals surface area (Å²) >= 11 is 0. The van der Waals surface area contributed by atoms with Crippen molar-refractivity contribution in [2.24, 2.45) is 0 Å². The van der Waals surface area contributed by atoms with E-state index in [0.29, 0.717) is 6.61 Å². The van der Waals surface area contributed by atoms with Crippen molar-refractivity contribution in [2.75, 3.05) is 6.61 Å². The second kappa shape index (κ2) is 7.59. The third-order valence-electron chi connectivity index (χ3n) is 3.50. The monoisotopic (exact) mass is 317 g/mol. The molecule has 1 aliphatic heterocycles. The Balaban J connectivity index is 1.31. The lowest BCUT2D eigenvalue weighted by molar-refractivity contribution is 0.120. The predicted molar refractivity (Wildman–Crippen MR) is 82.3 cm³/mol.